The fourth-order valence-electron chi connectivity index (χ4n) is 3.16. The Labute approximate surface area is 167 Å². The molecule has 8 nitrogen and oxygen atoms in total. The van der Waals surface area contributed by atoms with Gasteiger partial charge in [-0.15, -0.1) is 0 Å². The Morgan fingerprint density at radius 1 is 1.03 bits per heavy atom. The number of aromatic amines is 1. The second-order valence-electron chi connectivity index (χ2n) is 6.34. The van der Waals surface area contributed by atoms with Crippen LogP contribution in [-0.2, 0) is 11.2 Å². The number of ether oxygens (including phenoxy) is 1. The molecule has 29 heavy (non-hydrogen) atoms. The summed E-state index contributed by atoms with van der Waals surface area (Å²) in [5, 5.41) is 0. The Kier molecular flexibility index (Phi) is 5.82. The Morgan fingerprint density at radius 2 is 1.69 bits per heavy atom. The number of nitrogens with one attached hydrogen (secondary N) is 3. The maximum absolute atomic E-state index is 12.6. The molecule has 150 valence electrons. The van der Waals surface area contributed by atoms with Crippen LogP contribution in [0, 0.1) is 6.92 Å². The number of carbonyl (C=O) groups excluding carboxylic acids is 3. The average molecular weight is 394 g/mol. The number of benzene rings is 1. The van der Waals surface area contributed by atoms with Crippen molar-refractivity contribution in [3.05, 3.63) is 76.9 Å². The lowest BCUT2D eigenvalue weighted by Crippen LogP contribution is -2.42. The van der Waals surface area contributed by atoms with E-state index < -0.39 is 17.8 Å². The van der Waals surface area contributed by atoms with Crippen molar-refractivity contribution >= 4 is 17.8 Å². The normalized spacial score (nSPS) is 10.4. The number of carbonyl (C=O) groups is 3. The van der Waals surface area contributed by atoms with Gasteiger partial charge in [0.1, 0.15) is 5.69 Å². The molecule has 0 spiro atoms. The molecule has 8 heteroatoms. The van der Waals surface area contributed by atoms with Crippen LogP contribution in [0.3, 0.4) is 0 Å². The number of aryl methyl sites for hydroxylation is 1. The molecular formula is C21H22N4O4. The summed E-state index contributed by atoms with van der Waals surface area (Å²) in [4.78, 5) is 40.2. The van der Waals surface area contributed by atoms with Gasteiger partial charge in [-0.05, 0) is 43.2 Å². The van der Waals surface area contributed by atoms with E-state index in [1.165, 1.54) is 7.11 Å². The van der Waals surface area contributed by atoms with Crippen molar-refractivity contribution in [2.45, 2.75) is 20.3 Å². The Hall–Kier alpha value is -3.81. The van der Waals surface area contributed by atoms with Gasteiger partial charge >= 0.3 is 5.97 Å². The van der Waals surface area contributed by atoms with E-state index in [-0.39, 0.29) is 5.69 Å². The molecule has 0 bridgehead atoms. The third-order valence-electron chi connectivity index (χ3n) is 4.62. The first-order valence-electron chi connectivity index (χ1n) is 9.10. The summed E-state index contributed by atoms with van der Waals surface area (Å²) >= 11 is 0. The van der Waals surface area contributed by atoms with Gasteiger partial charge in [0.15, 0.2) is 0 Å². The summed E-state index contributed by atoms with van der Waals surface area (Å²) in [6.07, 6.45) is 4.18. The van der Waals surface area contributed by atoms with E-state index in [2.05, 4.69) is 15.8 Å². The highest BCUT2D eigenvalue weighted by atomic mass is 16.5. The molecule has 3 aromatic rings. The van der Waals surface area contributed by atoms with E-state index in [4.69, 9.17) is 4.74 Å². The van der Waals surface area contributed by atoms with Crippen molar-refractivity contribution < 1.29 is 19.1 Å². The minimum Gasteiger partial charge on any atom is -0.465 e. The van der Waals surface area contributed by atoms with Gasteiger partial charge in [0, 0.05) is 18.1 Å². The number of amides is 2. The average Bonchev–Trinajstić information content (AvgIpc) is 3.39. The SMILES string of the molecule is CCc1[nH]c(C(=O)NNC(=O)c2ccccc2-n2cccc2)c(C)c1C(=O)OC. The highest BCUT2D eigenvalue weighted by Gasteiger charge is 2.24. The summed E-state index contributed by atoms with van der Waals surface area (Å²) in [7, 11) is 1.29. The molecule has 3 rings (SSSR count). The minimum atomic E-state index is -0.556. The van der Waals surface area contributed by atoms with Gasteiger partial charge in [-0.1, -0.05) is 19.1 Å². The molecule has 0 saturated heterocycles. The van der Waals surface area contributed by atoms with Gasteiger partial charge in [0.2, 0.25) is 0 Å². The summed E-state index contributed by atoms with van der Waals surface area (Å²) in [6.45, 7) is 3.51. The van der Waals surface area contributed by atoms with Gasteiger partial charge in [-0.2, -0.15) is 0 Å². The van der Waals surface area contributed by atoms with Gasteiger partial charge < -0.3 is 14.3 Å². The molecular weight excluding hydrogens is 372 g/mol. The molecule has 0 aliphatic heterocycles. The van der Waals surface area contributed by atoms with E-state index in [0.29, 0.717) is 34.5 Å². The molecule has 0 aliphatic rings. The first kappa shape index (κ1) is 19.9. The van der Waals surface area contributed by atoms with Crippen LogP contribution in [0.4, 0.5) is 0 Å². The Balaban J connectivity index is 1.78. The van der Waals surface area contributed by atoms with E-state index >= 15 is 0 Å². The monoisotopic (exact) mass is 394 g/mol. The van der Waals surface area contributed by atoms with Crippen molar-refractivity contribution in [2.24, 2.45) is 0 Å². The molecule has 0 unspecified atom stereocenters. The number of esters is 1. The zero-order valence-electron chi connectivity index (χ0n) is 16.4. The van der Waals surface area contributed by atoms with Crippen molar-refractivity contribution in [1.82, 2.24) is 20.4 Å². The summed E-state index contributed by atoms with van der Waals surface area (Å²) in [5.74, 6) is -1.53. The number of aromatic nitrogens is 2. The van der Waals surface area contributed by atoms with Crippen LogP contribution in [0.1, 0.15) is 49.4 Å². The lowest BCUT2D eigenvalue weighted by atomic mass is 10.1. The van der Waals surface area contributed by atoms with E-state index in [1.54, 1.807) is 19.1 Å². The largest absolute Gasteiger partial charge is 0.465 e. The molecule has 2 aromatic heterocycles. The predicted molar refractivity (Wildman–Crippen MR) is 107 cm³/mol. The fraction of sp³-hybridized carbons (Fsp3) is 0.190. The zero-order chi connectivity index (χ0) is 21.0. The van der Waals surface area contributed by atoms with E-state index in [9.17, 15) is 14.4 Å². The zero-order valence-corrected chi connectivity index (χ0v) is 16.4. The number of hydrogen-bond donors (Lipinski definition) is 3. The highest BCUT2D eigenvalue weighted by molar-refractivity contribution is 6.03. The second kappa shape index (κ2) is 8.47. The van der Waals surface area contributed by atoms with Crippen LogP contribution in [0.5, 0.6) is 0 Å². The fourth-order valence-corrected chi connectivity index (χ4v) is 3.16. The first-order valence-corrected chi connectivity index (χ1v) is 9.10. The topological polar surface area (TPSA) is 105 Å². The molecule has 2 heterocycles. The molecule has 0 atom stereocenters. The third kappa shape index (κ3) is 3.91. The van der Waals surface area contributed by atoms with E-state index in [1.807, 2.05) is 48.1 Å². The summed E-state index contributed by atoms with van der Waals surface area (Å²) in [5.41, 5.74) is 7.51. The maximum atomic E-state index is 12.6. The van der Waals surface area contributed by atoms with E-state index in [0.717, 1.165) is 0 Å². The highest BCUT2D eigenvalue weighted by Crippen LogP contribution is 2.20. The number of rotatable bonds is 5. The van der Waals surface area contributed by atoms with Crippen LogP contribution in [0.25, 0.3) is 5.69 Å². The number of methoxy groups -OCH3 is 1. The number of para-hydroxylation sites is 1. The third-order valence-corrected chi connectivity index (χ3v) is 4.62. The lowest BCUT2D eigenvalue weighted by Gasteiger charge is -2.11. The second-order valence-corrected chi connectivity index (χ2v) is 6.34. The van der Waals surface area contributed by atoms with Crippen molar-refractivity contribution in [2.75, 3.05) is 7.11 Å². The number of hydrazine groups is 1. The number of hydrogen-bond acceptors (Lipinski definition) is 4. The standard InChI is InChI=1S/C21H22N4O4/c1-4-15-17(21(28)29-3)13(2)18(22-15)20(27)24-23-19(26)14-9-5-6-10-16(14)25-11-7-8-12-25/h5-12,22H,4H2,1-3H3,(H,23,26)(H,24,27). The molecule has 1 aromatic carbocycles. The van der Waals surface area contributed by atoms with Crippen LogP contribution in [0.15, 0.2) is 48.8 Å². The summed E-state index contributed by atoms with van der Waals surface area (Å²) < 4.78 is 6.60. The Morgan fingerprint density at radius 3 is 2.34 bits per heavy atom. The quantitative estimate of drug-likeness (QED) is 0.457. The Bertz CT molecular complexity index is 1050. The number of H-pyrrole nitrogens is 1. The molecule has 0 saturated carbocycles. The van der Waals surface area contributed by atoms with Gasteiger partial charge in [-0.3, -0.25) is 20.4 Å². The van der Waals surface area contributed by atoms with Crippen molar-refractivity contribution in [3.63, 3.8) is 0 Å². The van der Waals surface area contributed by atoms with Crippen LogP contribution in [0.2, 0.25) is 0 Å². The number of nitrogens with zero attached hydrogens (tertiary/aromatic N) is 1. The minimum absolute atomic E-state index is 0.196. The lowest BCUT2D eigenvalue weighted by molar-refractivity contribution is 0.0598. The van der Waals surface area contributed by atoms with Crippen LogP contribution < -0.4 is 10.9 Å². The smallest absolute Gasteiger partial charge is 0.339 e. The van der Waals surface area contributed by atoms with Gasteiger partial charge in [-0.25, -0.2) is 4.79 Å². The molecule has 3 N–H and O–H groups in total. The van der Waals surface area contributed by atoms with Crippen molar-refractivity contribution in [1.29, 1.82) is 0 Å². The van der Waals surface area contributed by atoms with Crippen LogP contribution >= 0.6 is 0 Å². The maximum Gasteiger partial charge on any atom is 0.339 e. The molecule has 0 fully saturated rings. The van der Waals surface area contributed by atoms with Crippen molar-refractivity contribution in [3.8, 4) is 5.69 Å². The van der Waals surface area contributed by atoms with Gasteiger partial charge in [0.05, 0.1) is 23.9 Å². The molecule has 2 amide bonds. The van der Waals surface area contributed by atoms with Gasteiger partial charge in [0.25, 0.3) is 11.8 Å². The summed E-state index contributed by atoms with van der Waals surface area (Å²) in [6, 6.07) is 10.8. The van der Waals surface area contributed by atoms with Crippen LogP contribution in [-0.4, -0.2) is 34.4 Å². The molecule has 0 aliphatic carbocycles. The predicted octanol–water partition coefficient (Wildman–Crippen LogP) is 2.54. The molecule has 0 radical (unpaired) electrons. The first-order chi connectivity index (χ1) is 14.0.